The Balaban J connectivity index is 2.56. The van der Waals surface area contributed by atoms with E-state index in [0.29, 0.717) is 18.4 Å². The van der Waals surface area contributed by atoms with Crippen molar-refractivity contribution in [3.05, 3.63) is 34.9 Å². The minimum atomic E-state index is -4.60. The molecule has 0 fully saturated rings. The van der Waals surface area contributed by atoms with E-state index in [1.165, 1.54) is 6.07 Å². The second kappa shape index (κ2) is 3.48. The molecule has 0 amide bonds. The lowest BCUT2D eigenvalue weighted by molar-refractivity contribution is -0.271. The van der Waals surface area contributed by atoms with Crippen LogP contribution < -0.4 is 0 Å². The number of rotatable bonds is 0. The number of aryl methyl sites for hydroxylation is 2. The van der Waals surface area contributed by atoms with Gasteiger partial charge in [0.25, 0.3) is 0 Å². The van der Waals surface area contributed by atoms with Crippen molar-refractivity contribution in [3.63, 3.8) is 0 Å². The van der Waals surface area contributed by atoms with Gasteiger partial charge in [0, 0.05) is 0 Å². The third-order valence-electron chi connectivity index (χ3n) is 3.16. The maximum atomic E-state index is 12.9. The Morgan fingerprint density at radius 3 is 2.62 bits per heavy atom. The molecule has 0 radical (unpaired) electrons. The molecule has 1 aliphatic rings. The van der Waals surface area contributed by atoms with Gasteiger partial charge in [-0.15, -0.1) is 0 Å². The van der Waals surface area contributed by atoms with Crippen LogP contribution in [0.4, 0.5) is 13.2 Å². The molecule has 1 aliphatic carbocycles. The van der Waals surface area contributed by atoms with Crippen LogP contribution in [-0.2, 0) is 12.0 Å². The van der Waals surface area contributed by atoms with Crippen LogP contribution in [-0.4, -0.2) is 11.3 Å². The van der Waals surface area contributed by atoms with Crippen molar-refractivity contribution < 1.29 is 18.3 Å². The summed E-state index contributed by atoms with van der Waals surface area (Å²) in [6, 6.07) is 4.74. The molecule has 1 nitrogen and oxygen atoms in total. The van der Waals surface area contributed by atoms with E-state index in [1.807, 2.05) is 6.92 Å². The smallest absolute Gasteiger partial charge is 0.376 e. The molecule has 1 unspecified atom stereocenters. The predicted molar refractivity (Wildman–Crippen MR) is 54.1 cm³/mol. The average Bonchev–Trinajstić information content (AvgIpc) is 2.15. The molecule has 0 spiro atoms. The van der Waals surface area contributed by atoms with Gasteiger partial charge in [-0.05, 0) is 37.3 Å². The molecule has 1 aromatic rings. The molecule has 1 atom stereocenters. The fourth-order valence-electron chi connectivity index (χ4n) is 2.30. The van der Waals surface area contributed by atoms with Gasteiger partial charge in [-0.1, -0.05) is 23.8 Å². The van der Waals surface area contributed by atoms with Gasteiger partial charge < -0.3 is 5.11 Å². The van der Waals surface area contributed by atoms with Crippen LogP contribution in [0.3, 0.4) is 0 Å². The number of benzene rings is 1. The summed E-state index contributed by atoms with van der Waals surface area (Å²) in [6.45, 7) is 1.83. The molecule has 4 heteroatoms. The van der Waals surface area contributed by atoms with Crippen LogP contribution in [0.1, 0.15) is 29.5 Å². The Morgan fingerprint density at radius 1 is 1.31 bits per heavy atom. The fraction of sp³-hybridized carbons (Fsp3) is 0.500. The second-order valence-corrected chi connectivity index (χ2v) is 4.37. The fourth-order valence-corrected chi connectivity index (χ4v) is 2.30. The summed E-state index contributed by atoms with van der Waals surface area (Å²) in [6.07, 6.45) is -3.87. The lowest BCUT2D eigenvalue weighted by Gasteiger charge is -2.36. The first-order chi connectivity index (χ1) is 7.34. The number of fused-ring (bicyclic) bond motifs is 1. The maximum absolute atomic E-state index is 12.9. The normalized spacial score (nSPS) is 25.3. The standard InChI is InChI=1S/C12H13F3O/c1-8-4-5-10-9(7-8)3-2-6-11(10,16)12(13,14)15/h4-5,7,16H,2-3,6H2,1H3. The van der Waals surface area contributed by atoms with E-state index < -0.39 is 11.8 Å². The van der Waals surface area contributed by atoms with Crippen LogP contribution in [0.15, 0.2) is 18.2 Å². The van der Waals surface area contributed by atoms with Gasteiger partial charge in [0.2, 0.25) is 0 Å². The highest BCUT2D eigenvalue weighted by Crippen LogP contribution is 2.46. The van der Waals surface area contributed by atoms with E-state index in [4.69, 9.17) is 0 Å². The molecular weight excluding hydrogens is 217 g/mol. The van der Waals surface area contributed by atoms with E-state index in [0.717, 1.165) is 5.56 Å². The van der Waals surface area contributed by atoms with Crippen molar-refractivity contribution in [2.75, 3.05) is 0 Å². The van der Waals surface area contributed by atoms with Gasteiger partial charge in [-0.2, -0.15) is 13.2 Å². The van der Waals surface area contributed by atoms with Gasteiger partial charge in [-0.25, -0.2) is 0 Å². The van der Waals surface area contributed by atoms with Crippen molar-refractivity contribution in [2.24, 2.45) is 0 Å². The highest BCUT2D eigenvalue weighted by atomic mass is 19.4. The van der Waals surface area contributed by atoms with Gasteiger partial charge in [0.05, 0.1) is 0 Å². The Kier molecular flexibility index (Phi) is 2.49. The quantitative estimate of drug-likeness (QED) is 0.726. The molecule has 2 rings (SSSR count). The average molecular weight is 230 g/mol. The number of hydrogen-bond acceptors (Lipinski definition) is 1. The van der Waals surface area contributed by atoms with E-state index in [2.05, 4.69) is 0 Å². The molecule has 0 saturated carbocycles. The lowest BCUT2D eigenvalue weighted by Crippen LogP contribution is -2.44. The molecule has 1 aromatic carbocycles. The highest BCUT2D eigenvalue weighted by Gasteiger charge is 2.56. The summed E-state index contributed by atoms with van der Waals surface area (Å²) in [5, 5.41) is 9.83. The minimum Gasteiger partial charge on any atom is -0.376 e. The Morgan fingerprint density at radius 2 is 2.00 bits per heavy atom. The van der Waals surface area contributed by atoms with Crippen molar-refractivity contribution in [2.45, 2.75) is 38.0 Å². The molecule has 0 aromatic heterocycles. The van der Waals surface area contributed by atoms with Crippen LogP contribution >= 0.6 is 0 Å². The summed E-state index contributed by atoms with van der Waals surface area (Å²) in [5.41, 5.74) is -1.10. The predicted octanol–water partition coefficient (Wildman–Crippen LogP) is 3.08. The zero-order valence-electron chi connectivity index (χ0n) is 8.93. The maximum Gasteiger partial charge on any atom is 0.421 e. The first-order valence-electron chi connectivity index (χ1n) is 5.24. The Bertz CT molecular complexity index is 411. The topological polar surface area (TPSA) is 20.2 Å². The van der Waals surface area contributed by atoms with Crippen LogP contribution in [0.5, 0.6) is 0 Å². The number of halogens is 3. The number of alkyl halides is 3. The van der Waals surface area contributed by atoms with Gasteiger partial charge in [-0.3, -0.25) is 0 Å². The zero-order valence-corrected chi connectivity index (χ0v) is 8.93. The Hall–Kier alpha value is -1.03. The van der Waals surface area contributed by atoms with Crippen LogP contribution in [0.25, 0.3) is 0 Å². The van der Waals surface area contributed by atoms with E-state index in [-0.39, 0.29) is 12.0 Å². The molecule has 0 heterocycles. The van der Waals surface area contributed by atoms with E-state index in [9.17, 15) is 18.3 Å². The van der Waals surface area contributed by atoms with E-state index in [1.54, 1.807) is 12.1 Å². The molecule has 0 saturated heterocycles. The van der Waals surface area contributed by atoms with Gasteiger partial charge in [0.15, 0.2) is 5.60 Å². The number of aliphatic hydroxyl groups is 1. The zero-order chi connectivity index (χ0) is 12.0. The monoisotopic (exact) mass is 230 g/mol. The van der Waals surface area contributed by atoms with Gasteiger partial charge in [0.1, 0.15) is 0 Å². The molecule has 88 valence electrons. The second-order valence-electron chi connectivity index (χ2n) is 4.37. The largest absolute Gasteiger partial charge is 0.421 e. The van der Waals surface area contributed by atoms with Gasteiger partial charge >= 0.3 is 6.18 Å². The first kappa shape index (κ1) is 11.5. The van der Waals surface area contributed by atoms with Crippen molar-refractivity contribution >= 4 is 0 Å². The molecular formula is C12H13F3O. The SMILES string of the molecule is Cc1ccc2c(c1)CCCC2(O)C(F)(F)F. The third kappa shape index (κ3) is 1.61. The number of hydrogen-bond donors (Lipinski definition) is 1. The summed E-state index contributed by atoms with van der Waals surface area (Å²) in [7, 11) is 0. The van der Waals surface area contributed by atoms with Crippen LogP contribution in [0, 0.1) is 6.92 Å². The van der Waals surface area contributed by atoms with Crippen molar-refractivity contribution in [3.8, 4) is 0 Å². The van der Waals surface area contributed by atoms with Crippen molar-refractivity contribution in [1.29, 1.82) is 0 Å². The summed E-state index contributed by atoms with van der Waals surface area (Å²) in [5.74, 6) is 0. The molecule has 16 heavy (non-hydrogen) atoms. The lowest BCUT2D eigenvalue weighted by atomic mass is 9.78. The van der Waals surface area contributed by atoms with Crippen LogP contribution in [0.2, 0.25) is 0 Å². The van der Waals surface area contributed by atoms with E-state index >= 15 is 0 Å². The third-order valence-corrected chi connectivity index (χ3v) is 3.16. The summed E-state index contributed by atoms with van der Waals surface area (Å²) >= 11 is 0. The minimum absolute atomic E-state index is 0.0249. The van der Waals surface area contributed by atoms with Crippen molar-refractivity contribution in [1.82, 2.24) is 0 Å². The first-order valence-corrected chi connectivity index (χ1v) is 5.24. The summed E-state index contributed by atoms with van der Waals surface area (Å²) in [4.78, 5) is 0. The summed E-state index contributed by atoms with van der Waals surface area (Å²) < 4.78 is 38.6. The highest BCUT2D eigenvalue weighted by molar-refractivity contribution is 5.38. The Labute approximate surface area is 91.9 Å². The molecule has 1 N–H and O–H groups in total. The molecule has 0 bridgehead atoms. The molecule has 0 aliphatic heterocycles.